The Hall–Kier alpha value is -3.67. The molecule has 1 unspecified atom stereocenters. The highest BCUT2D eigenvalue weighted by Gasteiger charge is 2.54. The molecule has 0 amide bonds. The van der Waals surface area contributed by atoms with E-state index in [9.17, 15) is 15.0 Å². The maximum Gasteiger partial charge on any atom is 0.340 e. The lowest BCUT2D eigenvalue weighted by molar-refractivity contribution is 0.0224. The average molecular weight is 403 g/mol. The van der Waals surface area contributed by atoms with E-state index in [-0.39, 0.29) is 11.5 Å². The van der Waals surface area contributed by atoms with Gasteiger partial charge in [-0.15, -0.1) is 0 Å². The van der Waals surface area contributed by atoms with E-state index in [2.05, 4.69) is 12.2 Å². The van der Waals surface area contributed by atoms with Crippen molar-refractivity contribution < 1.29 is 24.5 Å². The molecule has 0 saturated heterocycles. The summed E-state index contributed by atoms with van der Waals surface area (Å²) in [7, 11) is 0. The van der Waals surface area contributed by atoms with E-state index in [4.69, 9.17) is 9.47 Å². The zero-order valence-electron chi connectivity index (χ0n) is 16.4. The summed E-state index contributed by atoms with van der Waals surface area (Å²) in [5, 5.41) is 23.9. The Morgan fingerprint density at radius 1 is 1.00 bits per heavy atom. The van der Waals surface area contributed by atoms with Gasteiger partial charge in [0.25, 0.3) is 0 Å². The van der Waals surface area contributed by atoms with Crippen LogP contribution in [0.25, 0.3) is 0 Å². The summed E-state index contributed by atoms with van der Waals surface area (Å²) < 4.78 is 12.2. The van der Waals surface area contributed by atoms with Crippen LogP contribution in [-0.2, 0) is 10.3 Å². The second-order valence-electron chi connectivity index (χ2n) is 7.52. The van der Waals surface area contributed by atoms with Crippen molar-refractivity contribution in [2.75, 3.05) is 11.9 Å². The van der Waals surface area contributed by atoms with E-state index in [1.165, 1.54) is 6.07 Å². The molecule has 6 heteroatoms. The summed E-state index contributed by atoms with van der Waals surface area (Å²) in [4.78, 5) is 12.8. The fourth-order valence-corrected chi connectivity index (χ4v) is 4.28. The first kappa shape index (κ1) is 18.4. The molecule has 1 spiro atoms. The summed E-state index contributed by atoms with van der Waals surface area (Å²) in [6.07, 6.45) is 1.92. The summed E-state index contributed by atoms with van der Waals surface area (Å²) in [6, 6.07) is 15.3. The predicted octanol–water partition coefficient (Wildman–Crippen LogP) is 4.88. The minimum absolute atomic E-state index is 0.0330. The number of rotatable bonds is 4. The highest BCUT2D eigenvalue weighted by atomic mass is 16.6. The van der Waals surface area contributed by atoms with Gasteiger partial charge < -0.3 is 25.0 Å². The molecule has 2 heterocycles. The van der Waals surface area contributed by atoms with Crippen LogP contribution in [0.5, 0.6) is 23.0 Å². The van der Waals surface area contributed by atoms with Gasteiger partial charge in [0.2, 0.25) is 0 Å². The molecule has 2 aliphatic rings. The van der Waals surface area contributed by atoms with Gasteiger partial charge in [-0.2, -0.15) is 0 Å². The monoisotopic (exact) mass is 403 g/mol. The Labute approximate surface area is 173 Å². The number of esters is 1. The maximum absolute atomic E-state index is 12.8. The van der Waals surface area contributed by atoms with Gasteiger partial charge in [-0.1, -0.05) is 31.5 Å². The van der Waals surface area contributed by atoms with Crippen LogP contribution >= 0.6 is 0 Å². The van der Waals surface area contributed by atoms with Crippen molar-refractivity contribution in [3.63, 3.8) is 0 Å². The summed E-state index contributed by atoms with van der Waals surface area (Å²) >= 11 is 0. The van der Waals surface area contributed by atoms with E-state index >= 15 is 0 Å². The number of ether oxygens (including phenoxy) is 2. The van der Waals surface area contributed by atoms with E-state index < -0.39 is 11.6 Å². The lowest BCUT2D eigenvalue weighted by Crippen LogP contribution is -2.33. The van der Waals surface area contributed by atoms with Crippen LogP contribution in [0.3, 0.4) is 0 Å². The molecule has 0 radical (unpaired) electrons. The van der Waals surface area contributed by atoms with Gasteiger partial charge in [0, 0.05) is 23.7 Å². The Morgan fingerprint density at radius 3 is 2.63 bits per heavy atom. The van der Waals surface area contributed by atoms with Crippen molar-refractivity contribution in [2.45, 2.75) is 25.4 Å². The number of hydrogen-bond acceptors (Lipinski definition) is 6. The van der Waals surface area contributed by atoms with E-state index in [0.29, 0.717) is 46.0 Å². The van der Waals surface area contributed by atoms with Crippen molar-refractivity contribution in [1.29, 1.82) is 0 Å². The molecule has 0 fully saturated rings. The largest absolute Gasteiger partial charge is 0.508 e. The molecular weight excluding hydrogens is 382 g/mol. The number of fused-ring (bicyclic) bond motifs is 6. The zero-order valence-corrected chi connectivity index (χ0v) is 16.4. The van der Waals surface area contributed by atoms with Gasteiger partial charge in [0.15, 0.2) is 11.4 Å². The molecule has 3 N–H and O–H groups in total. The fraction of sp³-hybridized carbons (Fsp3) is 0.208. The van der Waals surface area contributed by atoms with E-state index in [1.54, 1.807) is 36.4 Å². The smallest absolute Gasteiger partial charge is 0.340 e. The number of carbonyl (C=O) groups is 1. The Bertz CT molecular complexity index is 1170. The molecular formula is C24H21NO5. The molecule has 30 heavy (non-hydrogen) atoms. The highest BCUT2D eigenvalue weighted by molar-refractivity contribution is 5.97. The number of benzene rings is 3. The molecule has 3 aromatic carbocycles. The Balaban J connectivity index is 1.80. The van der Waals surface area contributed by atoms with E-state index in [1.807, 2.05) is 12.1 Å². The van der Waals surface area contributed by atoms with Crippen molar-refractivity contribution in [3.8, 4) is 23.0 Å². The zero-order chi connectivity index (χ0) is 20.9. The van der Waals surface area contributed by atoms with Crippen LogP contribution < -0.4 is 10.1 Å². The topological polar surface area (TPSA) is 88.0 Å². The molecule has 1 atom stereocenters. The van der Waals surface area contributed by atoms with Crippen molar-refractivity contribution >= 4 is 11.7 Å². The van der Waals surface area contributed by atoms with Crippen LogP contribution in [0.15, 0.2) is 54.6 Å². The molecule has 6 nitrogen and oxygen atoms in total. The minimum atomic E-state index is -1.22. The fourth-order valence-electron chi connectivity index (χ4n) is 4.28. The molecule has 0 aliphatic carbocycles. The highest BCUT2D eigenvalue weighted by Crippen LogP contribution is 2.59. The third kappa shape index (κ3) is 2.46. The van der Waals surface area contributed by atoms with Crippen molar-refractivity contribution in [3.05, 3.63) is 76.9 Å². The van der Waals surface area contributed by atoms with Crippen LogP contribution in [0.4, 0.5) is 5.69 Å². The summed E-state index contributed by atoms with van der Waals surface area (Å²) in [5.41, 5.74) is 1.65. The normalized spacial score (nSPS) is 18.2. The first-order valence-corrected chi connectivity index (χ1v) is 10.0. The first-order chi connectivity index (χ1) is 14.6. The van der Waals surface area contributed by atoms with Gasteiger partial charge in [0.1, 0.15) is 22.9 Å². The predicted molar refractivity (Wildman–Crippen MR) is 111 cm³/mol. The van der Waals surface area contributed by atoms with Gasteiger partial charge in [-0.05, 0) is 36.8 Å². The summed E-state index contributed by atoms with van der Waals surface area (Å²) in [5.74, 6) is 0.405. The number of unbranched alkanes of at least 4 members (excludes halogenated alkanes) is 1. The number of phenols is 2. The average Bonchev–Trinajstić information content (AvgIpc) is 3.03. The lowest BCUT2D eigenvalue weighted by Gasteiger charge is -2.37. The van der Waals surface area contributed by atoms with Crippen LogP contribution in [0, 0.1) is 0 Å². The van der Waals surface area contributed by atoms with Crippen molar-refractivity contribution in [2.24, 2.45) is 0 Å². The third-order valence-electron chi connectivity index (χ3n) is 5.68. The quantitative estimate of drug-likeness (QED) is 0.327. The molecule has 5 rings (SSSR count). The van der Waals surface area contributed by atoms with Crippen LogP contribution in [0.1, 0.15) is 46.8 Å². The number of phenolic OH excluding ortho intramolecular Hbond substituents is 2. The van der Waals surface area contributed by atoms with Gasteiger partial charge in [-0.25, -0.2) is 4.79 Å². The summed E-state index contributed by atoms with van der Waals surface area (Å²) in [6.45, 7) is 2.74. The SMILES string of the molecule is CCCCNc1c(O)ccc2c1Oc1cc(O)ccc1C21OC(=O)c2ccccc21. The standard InChI is InChI=1S/C24H21NO5/c1-2-3-12-25-21-19(27)11-10-18-22(21)29-20-13-14(26)8-9-17(20)24(18)16-7-5-4-6-15(16)23(28)30-24/h4-11,13,25-27H,2-3,12H2,1H3. The molecule has 0 aromatic heterocycles. The minimum Gasteiger partial charge on any atom is -0.508 e. The lowest BCUT2D eigenvalue weighted by atomic mass is 9.77. The number of aromatic hydroxyl groups is 2. The number of anilines is 1. The van der Waals surface area contributed by atoms with Gasteiger partial charge >= 0.3 is 5.97 Å². The van der Waals surface area contributed by atoms with Crippen LogP contribution in [-0.4, -0.2) is 22.7 Å². The molecule has 0 saturated carbocycles. The van der Waals surface area contributed by atoms with Crippen LogP contribution in [0.2, 0.25) is 0 Å². The number of carbonyl (C=O) groups excluding carboxylic acids is 1. The van der Waals surface area contributed by atoms with Gasteiger partial charge in [-0.3, -0.25) is 0 Å². The molecule has 0 bridgehead atoms. The molecule has 2 aliphatic heterocycles. The molecule has 152 valence electrons. The van der Waals surface area contributed by atoms with Gasteiger partial charge in [0.05, 0.1) is 11.1 Å². The number of hydrogen-bond donors (Lipinski definition) is 3. The second-order valence-corrected chi connectivity index (χ2v) is 7.52. The maximum atomic E-state index is 12.8. The Morgan fingerprint density at radius 2 is 1.80 bits per heavy atom. The molecule has 3 aromatic rings. The first-order valence-electron chi connectivity index (χ1n) is 10.0. The third-order valence-corrected chi connectivity index (χ3v) is 5.68. The van der Waals surface area contributed by atoms with Crippen molar-refractivity contribution in [1.82, 2.24) is 0 Å². The number of nitrogens with one attached hydrogen (secondary N) is 1. The second kappa shape index (κ2) is 6.69. The van der Waals surface area contributed by atoms with E-state index in [0.717, 1.165) is 12.8 Å². The Kier molecular flexibility index (Phi) is 4.10.